The molecule has 1 fully saturated rings. The van der Waals surface area contributed by atoms with E-state index in [9.17, 15) is 4.79 Å². The summed E-state index contributed by atoms with van der Waals surface area (Å²) in [5.74, 6) is -0.213. The molecule has 2 rings (SSSR count). The summed E-state index contributed by atoms with van der Waals surface area (Å²) in [5, 5.41) is 3.35. The zero-order chi connectivity index (χ0) is 11.5. The lowest BCUT2D eigenvalue weighted by atomic mass is 9.94. The van der Waals surface area contributed by atoms with Crippen LogP contribution in [-0.2, 0) is 9.53 Å². The smallest absolute Gasteiger partial charge is 0.310 e. The predicted octanol–water partition coefficient (Wildman–Crippen LogP) is 2.27. The standard InChI is InChI=1S/C12H14BrNO2/c1-16-12(15)9-6-7-14-11(9)8-4-2-3-5-10(8)13/h2-5,9,11,14H,6-7H2,1H3. The van der Waals surface area contributed by atoms with Crippen LogP contribution in [0.2, 0.25) is 0 Å². The number of methoxy groups -OCH3 is 1. The van der Waals surface area contributed by atoms with Gasteiger partial charge >= 0.3 is 5.97 Å². The molecule has 1 heterocycles. The minimum absolute atomic E-state index is 0.0584. The summed E-state index contributed by atoms with van der Waals surface area (Å²) in [6, 6.07) is 8.03. The van der Waals surface area contributed by atoms with Gasteiger partial charge in [-0.25, -0.2) is 0 Å². The maximum absolute atomic E-state index is 11.6. The molecule has 0 saturated carbocycles. The zero-order valence-corrected chi connectivity index (χ0v) is 10.7. The van der Waals surface area contributed by atoms with Gasteiger partial charge in [0.25, 0.3) is 0 Å². The minimum atomic E-state index is -0.134. The Labute approximate surface area is 103 Å². The van der Waals surface area contributed by atoms with Gasteiger partial charge in [0.2, 0.25) is 0 Å². The van der Waals surface area contributed by atoms with Crippen molar-refractivity contribution in [2.45, 2.75) is 12.5 Å². The molecule has 1 aromatic carbocycles. The molecule has 2 atom stereocenters. The molecule has 0 aliphatic carbocycles. The summed E-state index contributed by atoms with van der Waals surface area (Å²) in [7, 11) is 1.44. The van der Waals surface area contributed by atoms with E-state index < -0.39 is 0 Å². The van der Waals surface area contributed by atoms with Crippen molar-refractivity contribution in [1.82, 2.24) is 5.32 Å². The van der Waals surface area contributed by atoms with Gasteiger partial charge in [-0.3, -0.25) is 4.79 Å². The fourth-order valence-corrected chi connectivity index (χ4v) is 2.69. The lowest BCUT2D eigenvalue weighted by molar-refractivity contribution is -0.145. The Hall–Kier alpha value is -0.870. The van der Waals surface area contributed by atoms with E-state index >= 15 is 0 Å². The Morgan fingerprint density at radius 1 is 1.50 bits per heavy atom. The van der Waals surface area contributed by atoms with Gasteiger partial charge in [-0.05, 0) is 24.6 Å². The van der Waals surface area contributed by atoms with E-state index in [1.54, 1.807) is 0 Å². The molecule has 0 amide bonds. The molecule has 86 valence electrons. The first-order valence-corrected chi connectivity index (χ1v) is 6.09. The lowest BCUT2D eigenvalue weighted by Gasteiger charge is -2.19. The largest absolute Gasteiger partial charge is 0.469 e. The summed E-state index contributed by atoms with van der Waals surface area (Å²) >= 11 is 3.51. The van der Waals surface area contributed by atoms with Crippen LogP contribution in [0.5, 0.6) is 0 Å². The topological polar surface area (TPSA) is 38.3 Å². The molecule has 0 bridgehead atoms. The van der Waals surface area contributed by atoms with Gasteiger partial charge < -0.3 is 10.1 Å². The van der Waals surface area contributed by atoms with Crippen molar-refractivity contribution in [3.63, 3.8) is 0 Å². The first kappa shape index (κ1) is 11.6. The Bertz CT molecular complexity index is 394. The second-order valence-corrected chi connectivity index (χ2v) is 4.73. The van der Waals surface area contributed by atoms with E-state index in [1.807, 2.05) is 24.3 Å². The summed E-state index contributed by atoms with van der Waals surface area (Å²) in [5.41, 5.74) is 1.12. The van der Waals surface area contributed by atoms with Crippen LogP contribution in [0.1, 0.15) is 18.0 Å². The number of esters is 1. The Balaban J connectivity index is 2.27. The lowest BCUT2D eigenvalue weighted by Crippen LogP contribution is -2.24. The molecular weight excluding hydrogens is 270 g/mol. The summed E-state index contributed by atoms with van der Waals surface area (Å²) < 4.78 is 5.86. The van der Waals surface area contributed by atoms with Crippen LogP contribution in [0.15, 0.2) is 28.7 Å². The zero-order valence-electron chi connectivity index (χ0n) is 9.07. The Morgan fingerprint density at radius 2 is 2.25 bits per heavy atom. The van der Waals surface area contributed by atoms with Crippen LogP contribution in [0.3, 0.4) is 0 Å². The highest BCUT2D eigenvalue weighted by Crippen LogP contribution is 2.34. The molecule has 4 heteroatoms. The van der Waals surface area contributed by atoms with Crippen LogP contribution in [0, 0.1) is 5.92 Å². The molecule has 0 spiro atoms. The number of hydrogen-bond donors (Lipinski definition) is 1. The van der Waals surface area contributed by atoms with Crippen LogP contribution in [0.4, 0.5) is 0 Å². The predicted molar refractivity (Wildman–Crippen MR) is 65.0 cm³/mol. The number of nitrogens with one attached hydrogen (secondary N) is 1. The third kappa shape index (κ3) is 2.13. The van der Waals surface area contributed by atoms with Gasteiger partial charge in [-0.1, -0.05) is 34.1 Å². The maximum atomic E-state index is 11.6. The van der Waals surface area contributed by atoms with E-state index in [0.717, 1.165) is 23.0 Å². The van der Waals surface area contributed by atoms with Crippen molar-refractivity contribution in [3.05, 3.63) is 34.3 Å². The van der Waals surface area contributed by atoms with E-state index in [4.69, 9.17) is 4.74 Å². The minimum Gasteiger partial charge on any atom is -0.469 e. The SMILES string of the molecule is COC(=O)C1CCNC1c1ccccc1Br. The normalized spacial score (nSPS) is 24.4. The van der Waals surface area contributed by atoms with Crippen LogP contribution in [-0.4, -0.2) is 19.6 Å². The molecule has 1 saturated heterocycles. The highest BCUT2D eigenvalue weighted by Gasteiger charge is 2.35. The molecule has 1 N–H and O–H groups in total. The van der Waals surface area contributed by atoms with Crippen molar-refractivity contribution >= 4 is 21.9 Å². The molecule has 0 radical (unpaired) electrons. The van der Waals surface area contributed by atoms with Crippen LogP contribution >= 0.6 is 15.9 Å². The Morgan fingerprint density at radius 3 is 2.94 bits per heavy atom. The molecule has 1 aromatic rings. The van der Waals surface area contributed by atoms with Gasteiger partial charge in [0.05, 0.1) is 13.0 Å². The quantitative estimate of drug-likeness (QED) is 0.847. The third-order valence-electron chi connectivity index (χ3n) is 2.97. The number of benzene rings is 1. The number of carbonyl (C=O) groups excluding carboxylic acids is 1. The second kappa shape index (κ2) is 4.97. The number of hydrogen-bond acceptors (Lipinski definition) is 3. The first-order chi connectivity index (χ1) is 7.74. The van der Waals surface area contributed by atoms with Gasteiger partial charge in [0.15, 0.2) is 0 Å². The summed E-state index contributed by atoms with van der Waals surface area (Å²) in [4.78, 5) is 11.6. The van der Waals surface area contributed by atoms with Crippen molar-refractivity contribution in [3.8, 4) is 0 Å². The van der Waals surface area contributed by atoms with Crippen molar-refractivity contribution < 1.29 is 9.53 Å². The van der Waals surface area contributed by atoms with Gasteiger partial charge in [-0.15, -0.1) is 0 Å². The van der Waals surface area contributed by atoms with Crippen molar-refractivity contribution in [2.75, 3.05) is 13.7 Å². The molecule has 1 aliphatic rings. The van der Waals surface area contributed by atoms with Gasteiger partial charge in [0.1, 0.15) is 0 Å². The number of halogens is 1. The molecular formula is C12H14BrNO2. The molecule has 16 heavy (non-hydrogen) atoms. The third-order valence-corrected chi connectivity index (χ3v) is 3.69. The molecule has 3 nitrogen and oxygen atoms in total. The second-order valence-electron chi connectivity index (χ2n) is 3.87. The van der Waals surface area contributed by atoms with Crippen molar-refractivity contribution in [2.24, 2.45) is 5.92 Å². The fourth-order valence-electron chi connectivity index (χ4n) is 2.16. The number of rotatable bonds is 2. The van der Waals surface area contributed by atoms with E-state index in [2.05, 4.69) is 21.2 Å². The highest BCUT2D eigenvalue weighted by molar-refractivity contribution is 9.10. The van der Waals surface area contributed by atoms with Crippen LogP contribution in [0.25, 0.3) is 0 Å². The Kier molecular flexibility index (Phi) is 3.61. The van der Waals surface area contributed by atoms with Crippen LogP contribution < -0.4 is 5.32 Å². The van der Waals surface area contributed by atoms with Gasteiger partial charge in [-0.2, -0.15) is 0 Å². The fraction of sp³-hybridized carbons (Fsp3) is 0.417. The maximum Gasteiger partial charge on any atom is 0.310 e. The summed E-state index contributed by atoms with van der Waals surface area (Å²) in [6.07, 6.45) is 0.832. The monoisotopic (exact) mass is 283 g/mol. The molecule has 2 unspecified atom stereocenters. The summed E-state index contributed by atoms with van der Waals surface area (Å²) in [6.45, 7) is 0.853. The average molecular weight is 284 g/mol. The molecule has 1 aliphatic heterocycles. The van der Waals surface area contributed by atoms with E-state index in [1.165, 1.54) is 7.11 Å². The highest BCUT2D eigenvalue weighted by atomic mass is 79.9. The van der Waals surface area contributed by atoms with Gasteiger partial charge in [0, 0.05) is 10.5 Å². The van der Waals surface area contributed by atoms with E-state index in [0.29, 0.717) is 0 Å². The number of carbonyl (C=O) groups is 1. The van der Waals surface area contributed by atoms with E-state index in [-0.39, 0.29) is 17.9 Å². The number of ether oxygens (including phenoxy) is 1. The molecule has 0 aromatic heterocycles. The average Bonchev–Trinajstić information content (AvgIpc) is 2.77. The van der Waals surface area contributed by atoms with Crippen molar-refractivity contribution in [1.29, 1.82) is 0 Å². The first-order valence-electron chi connectivity index (χ1n) is 5.29.